The van der Waals surface area contributed by atoms with E-state index in [-0.39, 0.29) is 0 Å². The van der Waals surface area contributed by atoms with Crippen LogP contribution in [0.2, 0.25) is 0 Å². The Morgan fingerprint density at radius 3 is 0.971 bits per heavy atom. The van der Waals surface area contributed by atoms with Crippen molar-refractivity contribution in [2.75, 3.05) is 0 Å². The summed E-state index contributed by atoms with van der Waals surface area (Å²) in [4.78, 5) is 58.8. The second-order valence-electron chi connectivity index (χ2n) is 35.2. The molecule has 0 aliphatic heterocycles. The Hall–Kier alpha value is -18.8. The van der Waals surface area contributed by atoms with Crippen LogP contribution in [0.25, 0.3) is 285 Å². The molecule has 12 aromatic heterocycles. The Kier molecular flexibility index (Phi) is 18.7. The molecule has 0 atom stereocenters. The van der Waals surface area contributed by atoms with Crippen LogP contribution in [0.5, 0.6) is 0 Å². The smallest absolute Gasteiger partial charge is 0.0978 e. The highest BCUT2D eigenvalue weighted by Crippen LogP contribution is 2.48. The molecule has 12 heterocycles. The first-order valence-electron chi connectivity index (χ1n) is 46.3. The lowest BCUT2D eigenvalue weighted by molar-refractivity contribution is 1.37. The molecule has 0 fully saturated rings. The van der Waals surface area contributed by atoms with Crippen molar-refractivity contribution in [1.82, 2.24) is 59.8 Å². The summed E-state index contributed by atoms with van der Waals surface area (Å²) in [5.41, 5.74) is 31.9. The van der Waals surface area contributed by atoms with Crippen LogP contribution in [0.4, 0.5) is 0 Å². The summed E-state index contributed by atoms with van der Waals surface area (Å²) in [7, 11) is 0. The van der Waals surface area contributed by atoms with Crippen LogP contribution in [0, 0.1) is 0 Å². The lowest BCUT2D eigenvalue weighted by atomic mass is 9.88. The average Bonchev–Trinajstić information content (AvgIpc) is 0.733. The van der Waals surface area contributed by atoms with Gasteiger partial charge >= 0.3 is 0 Å². The van der Waals surface area contributed by atoms with Crippen LogP contribution < -0.4 is 0 Å². The van der Waals surface area contributed by atoms with E-state index in [9.17, 15) is 0 Å². The molecular weight excluding hydrogens is 1680 g/mol. The zero-order valence-corrected chi connectivity index (χ0v) is 74.1. The maximum Gasteiger partial charge on any atom is 0.0978 e. The predicted octanol–water partition coefficient (Wildman–Crippen LogP) is 31.9. The normalized spacial score (nSPS) is 11.8. The number of aromatic nitrogens is 12. The summed E-state index contributed by atoms with van der Waals surface area (Å²) in [5, 5.41) is 23.8. The van der Waals surface area contributed by atoms with Crippen LogP contribution >= 0.6 is 0 Å². The third-order valence-corrected chi connectivity index (χ3v) is 27.4. The number of para-hydroxylation sites is 3. The second-order valence-corrected chi connectivity index (χ2v) is 35.2. The fraction of sp³-hybridized carbons (Fsp3) is 0. The molecule has 0 bridgehead atoms. The van der Waals surface area contributed by atoms with Crippen molar-refractivity contribution in [1.29, 1.82) is 0 Å². The minimum absolute atomic E-state index is 0.906. The fourth-order valence-corrected chi connectivity index (χ4v) is 21.0. The summed E-state index contributed by atoms with van der Waals surface area (Å²) in [6.45, 7) is 0. The van der Waals surface area contributed by atoms with Crippen molar-refractivity contribution in [3.63, 3.8) is 0 Å². The number of hydrogen-bond acceptors (Lipinski definition) is 12. The molecule has 0 aliphatic carbocycles. The van der Waals surface area contributed by atoms with Gasteiger partial charge in [-0.25, -0.2) is 24.9 Å². The Morgan fingerprint density at radius 1 is 0.123 bits per heavy atom. The molecule has 0 saturated heterocycles. The van der Waals surface area contributed by atoms with Gasteiger partial charge < -0.3 is 0 Å². The SMILES string of the molecule is c1ccc(-c2ccc3ccc4c(-c5ccc(-c6cc(-c7ccccc7)nc7c6ccc6cccnc67)cc5)c5ccccc5nc4c3n2)cc1.c1cnc2c(c1)ccc1c(-c3ccc(-c4c5ccccc5nc5c4ccc4cccnc45)c4ccccc34)ccnc12.c1cnc2c(c1)ccc1c(-c3ccc4c(ccc5cc(-c6c7ccccc7nc7c6ccc6cccnc67)ccc54)c3)ccnc12. The van der Waals surface area contributed by atoms with E-state index in [4.69, 9.17) is 49.8 Å². The van der Waals surface area contributed by atoms with Crippen LogP contribution in [-0.4, -0.2) is 59.8 Å². The first kappa shape index (κ1) is 79.0. The lowest BCUT2D eigenvalue weighted by Crippen LogP contribution is -1.94. The van der Waals surface area contributed by atoms with Crippen LogP contribution in [0.15, 0.2) is 450 Å². The van der Waals surface area contributed by atoms with Gasteiger partial charge in [0.05, 0.1) is 94.1 Å². The first-order chi connectivity index (χ1) is 68.4. The lowest BCUT2D eigenvalue weighted by Gasteiger charge is -2.17. The van der Waals surface area contributed by atoms with Gasteiger partial charge in [0.15, 0.2) is 0 Å². The molecular formula is C126H74N12. The molecule has 638 valence electrons. The first-order valence-corrected chi connectivity index (χ1v) is 46.3. The van der Waals surface area contributed by atoms with Crippen molar-refractivity contribution in [3.05, 3.63) is 450 Å². The van der Waals surface area contributed by atoms with Crippen molar-refractivity contribution in [2.45, 2.75) is 0 Å². The van der Waals surface area contributed by atoms with Gasteiger partial charge in [0.2, 0.25) is 0 Å². The van der Waals surface area contributed by atoms with Crippen LogP contribution in [0.3, 0.4) is 0 Å². The molecule has 0 spiro atoms. The monoisotopic (exact) mass is 1750 g/mol. The topological polar surface area (TPSA) is 155 Å². The number of fused-ring (bicyclic) bond motifs is 25. The summed E-state index contributed by atoms with van der Waals surface area (Å²) < 4.78 is 0. The van der Waals surface area contributed by atoms with Gasteiger partial charge in [0.1, 0.15) is 0 Å². The van der Waals surface area contributed by atoms with E-state index in [1.807, 2.05) is 98.0 Å². The van der Waals surface area contributed by atoms with Crippen molar-refractivity contribution < 1.29 is 0 Å². The number of hydrogen-bond donors (Lipinski definition) is 0. The molecule has 0 saturated carbocycles. The molecule has 0 N–H and O–H groups in total. The molecule has 0 unspecified atom stereocenters. The van der Waals surface area contributed by atoms with E-state index >= 15 is 0 Å². The van der Waals surface area contributed by atoms with E-state index in [1.54, 1.807) is 0 Å². The van der Waals surface area contributed by atoms with Crippen molar-refractivity contribution in [3.8, 4) is 89.3 Å². The van der Waals surface area contributed by atoms with Gasteiger partial charge in [-0.05, 0) is 167 Å². The van der Waals surface area contributed by atoms with Gasteiger partial charge in [0, 0.05) is 152 Å². The molecule has 12 nitrogen and oxygen atoms in total. The highest BCUT2D eigenvalue weighted by atomic mass is 14.8. The summed E-state index contributed by atoms with van der Waals surface area (Å²) >= 11 is 0. The zero-order chi connectivity index (χ0) is 90.8. The molecule has 29 aromatic rings. The van der Waals surface area contributed by atoms with E-state index in [0.29, 0.717) is 0 Å². The van der Waals surface area contributed by atoms with E-state index in [1.165, 1.54) is 65.7 Å². The Bertz CT molecular complexity index is 10100. The van der Waals surface area contributed by atoms with E-state index in [0.717, 1.165) is 219 Å². The predicted molar refractivity (Wildman–Crippen MR) is 571 cm³/mol. The molecule has 17 aromatic carbocycles. The Balaban J connectivity index is 0.000000105. The van der Waals surface area contributed by atoms with Gasteiger partial charge in [-0.1, -0.05) is 322 Å². The molecule has 0 aliphatic rings. The summed E-state index contributed by atoms with van der Waals surface area (Å²) in [6.07, 6.45) is 13.0. The number of rotatable bonds is 8. The second kappa shape index (κ2) is 32.6. The fourth-order valence-electron chi connectivity index (χ4n) is 21.0. The van der Waals surface area contributed by atoms with Crippen molar-refractivity contribution in [2.24, 2.45) is 0 Å². The van der Waals surface area contributed by atoms with E-state index in [2.05, 4.69) is 362 Å². The Morgan fingerprint density at radius 2 is 0.449 bits per heavy atom. The molecule has 0 amide bonds. The summed E-state index contributed by atoms with van der Waals surface area (Å²) in [5.74, 6) is 0. The minimum Gasteiger partial charge on any atom is -0.254 e. The zero-order valence-electron chi connectivity index (χ0n) is 74.1. The largest absolute Gasteiger partial charge is 0.254 e. The molecule has 0 radical (unpaired) electrons. The van der Waals surface area contributed by atoms with Crippen LogP contribution in [-0.2, 0) is 0 Å². The van der Waals surface area contributed by atoms with Gasteiger partial charge in [0.25, 0.3) is 0 Å². The van der Waals surface area contributed by atoms with Gasteiger partial charge in [-0.3, -0.25) is 34.9 Å². The molecule has 12 heteroatoms. The maximum atomic E-state index is 5.21. The van der Waals surface area contributed by atoms with E-state index < -0.39 is 0 Å². The maximum absolute atomic E-state index is 5.21. The molecule has 138 heavy (non-hydrogen) atoms. The third kappa shape index (κ3) is 13.3. The standard InChI is InChI=1S/C46H28N4.C42H24N4.C38H22N4/c1-3-10-30(11-4-1)39-26-23-34-22-25-37-42(36-15-7-8-16-40(36)49-46(37)44(34)48-39)32-19-17-29(18-20-32)38-28-41(31-12-5-2-6-13-31)50-45-35(38)24-21-33-14-9-27-47-43(33)45;1-2-8-37-35(7-1)38(36-18-12-26-6-4-21-44-40(26)42(36)46-37)30-14-16-32-28(24-30)10-9-27-23-29(13-15-31(27)32)33-19-22-45-41-34(33)17-11-25-5-3-20-43-39(25)41;1-2-10-26-25(9-1)27(28-19-22-41-37-30(28)15-13-23-7-5-20-39-35(23)37)17-18-29(26)34-31-11-3-4-12-33(31)42-38-32(34)16-14-24-8-6-21-40-36(24)38/h1-28H;1-24H;1-22H. The minimum atomic E-state index is 0.906. The number of nitrogens with zero attached hydrogens (tertiary/aromatic N) is 12. The molecule has 29 rings (SSSR count). The van der Waals surface area contributed by atoms with Crippen molar-refractivity contribution >= 4 is 196 Å². The number of pyridine rings is 12. The van der Waals surface area contributed by atoms with Gasteiger partial charge in [-0.2, -0.15) is 0 Å². The Labute approximate surface area is 789 Å². The highest BCUT2D eigenvalue weighted by Gasteiger charge is 2.24. The number of benzene rings is 17. The van der Waals surface area contributed by atoms with Gasteiger partial charge in [-0.15, -0.1) is 0 Å². The average molecular weight is 1760 g/mol. The third-order valence-electron chi connectivity index (χ3n) is 27.4. The summed E-state index contributed by atoms with van der Waals surface area (Å²) in [6, 6.07) is 143. The quantitative estimate of drug-likeness (QED) is 0.105. The van der Waals surface area contributed by atoms with Crippen LogP contribution in [0.1, 0.15) is 0 Å². The highest BCUT2D eigenvalue weighted by molar-refractivity contribution is 6.24.